The lowest BCUT2D eigenvalue weighted by Gasteiger charge is -2.34. The summed E-state index contributed by atoms with van der Waals surface area (Å²) in [5.74, 6) is 0.608. The molecular formula is C50H35BBrO2. The van der Waals surface area contributed by atoms with Gasteiger partial charge in [0.15, 0.2) is 0 Å². The lowest BCUT2D eigenvalue weighted by atomic mass is 9.67. The Hall–Kier alpha value is -5.94. The first-order valence-corrected chi connectivity index (χ1v) is 19.0. The van der Waals surface area contributed by atoms with Crippen molar-refractivity contribution < 1.29 is 9.68 Å². The molecule has 2 aliphatic rings. The second-order valence-corrected chi connectivity index (χ2v) is 14.6. The normalized spacial score (nSPS) is 13.7. The minimum atomic E-state index is -0.441. The van der Waals surface area contributed by atoms with Gasteiger partial charge in [-0.2, -0.15) is 0 Å². The zero-order valence-electron chi connectivity index (χ0n) is 29.4. The van der Waals surface area contributed by atoms with Crippen LogP contribution in [-0.4, -0.2) is 12.7 Å². The Balaban J connectivity index is 0.000000143. The Bertz CT molecular complexity index is 2510. The Labute approximate surface area is 325 Å². The van der Waals surface area contributed by atoms with Crippen molar-refractivity contribution in [1.29, 1.82) is 0 Å². The van der Waals surface area contributed by atoms with Gasteiger partial charge in [0.1, 0.15) is 5.75 Å². The third kappa shape index (κ3) is 5.28. The zero-order valence-corrected chi connectivity index (χ0v) is 31.0. The molecule has 1 N–H and O–H groups in total. The molecule has 4 heteroatoms. The highest BCUT2D eigenvalue weighted by molar-refractivity contribution is 9.10. The number of halogens is 1. The Morgan fingerprint density at radius 3 is 1.13 bits per heavy atom. The van der Waals surface area contributed by atoms with Crippen molar-refractivity contribution in [3.63, 3.8) is 0 Å². The molecule has 0 amide bonds. The smallest absolute Gasteiger partial charge is 0.537 e. The quantitative estimate of drug-likeness (QED) is 0.171. The van der Waals surface area contributed by atoms with E-state index in [1.165, 1.54) is 61.2 Å². The van der Waals surface area contributed by atoms with E-state index in [2.05, 4.69) is 198 Å². The number of benzene rings is 8. The summed E-state index contributed by atoms with van der Waals surface area (Å²) in [6, 6.07) is 73.0. The van der Waals surface area contributed by atoms with Gasteiger partial charge in [-0.05, 0) is 91.0 Å². The van der Waals surface area contributed by atoms with E-state index in [-0.39, 0.29) is 5.41 Å². The number of hydrogen-bond acceptors (Lipinski definition) is 2. The van der Waals surface area contributed by atoms with Crippen LogP contribution in [0, 0.1) is 0 Å². The maximum Gasteiger partial charge on any atom is 0.569 e. The molecule has 54 heavy (non-hydrogen) atoms. The largest absolute Gasteiger partial charge is 0.569 e. The van der Waals surface area contributed by atoms with Crippen molar-refractivity contribution in [1.82, 2.24) is 0 Å². The molecule has 0 heterocycles. The van der Waals surface area contributed by atoms with Crippen LogP contribution in [0.15, 0.2) is 211 Å². The van der Waals surface area contributed by atoms with Crippen molar-refractivity contribution in [3.8, 4) is 28.0 Å². The van der Waals surface area contributed by atoms with Crippen LogP contribution in [0.2, 0.25) is 0 Å². The molecule has 1 radical (unpaired) electrons. The van der Waals surface area contributed by atoms with Crippen LogP contribution in [0.25, 0.3) is 22.3 Å². The van der Waals surface area contributed by atoms with Crippen molar-refractivity contribution in [2.75, 3.05) is 0 Å². The molecule has 2 nitrogen and oxygen atoms in total. The van der Waals surface area contributed by atoms with Crippen molar-refractivity contribution in [2.45, 2.75) is 10.8 Å². The van der Waals surface area contributed by atoms with Crippen LogP contribution >= 0.6 is 15.9 Å². The summed E-state index contributed by atoms with van der Waals surface area (Å²) in [6.07, 6.45) is 0. The van der Waals surface area contributed by atoms with Gasteiger partial charge in [0.05, 0.1) is 10.8 Å². The molecule has 0 atom stereocenters. The SMILES string of the molecule is Brc1cccc(C2(c3ccccc3)c3ccccc3-c3ccccc32)c1.O[B]Oc1cccc(C2(c3ccccc3)c3ccccc3-c3ccccc32)c1. The van der Waals surface area contributed by atoms with Gasteiger partial charge in [0, 0.05) is 4.47 Å². The minimum absolute atomic E-state index is 0.293. The monoisotopic (exact) mass is 757 g/mol. The van der Waals surface area contributed by atoms with E-state index in [1.807, 2.05) is 24.3 Å². The predicted molar refractivity (Wildman–Crippen MR) is 224 cm³/mol. The molecule has 10 rings (SSSR count). The van der Waals surface area contributed by atoms with E-state index >= 15 is 0 Å². The summed E-state index contributed by atoms with van der Waals surface area (Å²) in [7, 11) is 0.727. The van der Waals surface area contributed by atoms with E-state index in [9.17, 15) is 0 Å². The van der Waals surface area contributed by atoms with Crippen LogP contribution in [0.5, 0.6) is 5.75 Å². The summed E-state index contributed by atoms with van der Waals surface area (Å²) in [4.78, 5) is 0. The van der Waals surface area contributed by atoms with Gasteiger partial charge in [0.25, 0.3) is 0 Å². The lowest BCUT2D eigenvalue weighted by Crippen LogP contribution is -2.28. The third-order valence-corrected chi connectivity index (χ3v) is 11.5. The molecule has 8 aromatic rings. The molecule has 0 bridgehead atoms. The van der Waals surface area contributed by atoms with Crippen molar-refractivity contribution in [3.05, 3.63) is 255 Å². The molecule has 0 fully saturated rings. The minimum Gasteiger partial charge on any atom is -0.537 e. The molecular weight excluding hydrogens is 723 g/mol. The molecule has 0 unspecified atom stereocenters. The van der Waals surface area contributed by atoms with Gasteiger partial charge in [-0.3, -0.25) is 0 Å². The Morgan fingerprint density at radius 1 is 0.370 bits per heavy atom. The van der Waals surface area contributed by atoms with Gasteiger partial charge < -0.3 is 9.68 Å². The topological polar surface area (TPSA) is 29.5 Å². The summed E-state index contributed by atoms with van der Waals surface area (Å²) in [6.45, 7) is 0. The van der Waals surface area contributed by atoms with Gasteiger partial charge in [-0.25, -0.2) is 0 Å². The number of rotatable bonds is 6. The predicted octanol–water partition coefficient (Wildman–Crippen LogP) is 11.8. The summed E-state index contributed by atoms with van der Waals surface area (Å²) in [5.41, 5.74) is 14.5. The van der Waals surface area contributed by atoms with E-state index in [1.54, 1.807) is 0 Å². The fourth-order valence-electron chi connectivity index (χ4n) is 9.01. The molecule has 0 saturated heterocycles. The molecule has 2 aliphatic carbocycles. The molecule has 0 spiro atoms. The summed E-state index contributed by atoms with van der Waals surface area (Å²) >= 11 is 3.69. The maximum atomic E-state index is 9.13. The average molecular weight is 759 g/mol. The third-order valence-electron chi connectivity index (χ3n) is 11.0. The van der Waals surface area contributed by atoms with E-state index in [0.717, 1.165) is 17.7 Å². The second-order valence-electron chi connectivity index (χ2n) is 13.7. The van der Waals surface area contributed by atoms with Gasteiger partial charge in [-0.1, -0.05) is 198 Å². The second kappa shape index (κ2) is 14.1. The Morgan fingerprint density at radius 2 is 0.722 bits per heavy atom. The molecule has 0 aliphatic heterocycles. The summed E-state index contributed by atoms with van der Waals surface area (Å²) in [5, 5.41) is 9.13. The van der Waals surface area contributed by atoms with E-state index in [4.69, 9.17) is 9.68 Å². The molecule has 257 valence electrons. The van der Waals surface area contributed by atoms with E-state index in [0.29, 0.717) is 5.75 Å². The molecule has 0 saturated carbocycles. The zero-order chi connectivity index (χ0) is 36.5. The van der Waals surface area contributed by atoms with Crippen LogP contribution < -0.4 is 4.65 Å². The van der Waals surface area contributed by atoms with Crippen molar-refractivity contribution in [2.24, 2.45) is 0 Å². The maximum absolute atomic E-state index is 9.13. The van der Waals surface area contributed by atoms with Crippen LogP contribution in [0.3, 0.4) is 0 Å². The number of hydrogen-bond donors (Lipinski definition) is 1. The fourth-order valence-corrected chi connectivity index (χ4v) is 9.41. The average Bonchev–Trinajstić information content (AvgIpc) is 3.71. The van der Waals surface area contributed by atoms with Crippen LogP contribution in [-0.2, 0) is 10.8 Å². The number of fused-ring (bicyclic) bond motifs is 6. The fraction of sp³-hybridized carbons (Fsp3) is 0.0400. The first-order valence-electron chi connectivity index (χ1n) is 18.2. The van der Waals surface area contributed by atoms with Gasteiger partial charge in [0.2, 0.25) is 0 Å². The van der Waals surface area contributed by atoms with Gasteiger partial charge >= 0.3 is 7.69 Å². The molecule has 8 aromatic carbocycles. The highest BCUT2D eigenvalue weighted by atomic mass is 79.9. The van der Waals surface area contributed by atoms with Crippen molar-refractivity contribution >= 4 is 23.6 Å². The Kier molecular flexibility index (Phi) is 8.86. The first-order chi connectivity index (χ1) is 26.7. The summed E-state index contributed by atoms with van der Waals surface area (Å²) < 4.78 is 6.40. The highest BCUT2D eigenvalue weighted by Crippen LogP contribution is 2.57. The standard InChI is InChI=1S/C25H18BO2.C25H17Br/c27-26-28-20-12-8-11-19(17-20)25(18-9-2-1-3-10-18)23-15-6-4-13-21(23)22-14-5-7-16-24(22)25;26-20-12-8-11-19(17-20)25(18-9-2-1-3-10-18)23-15-6-4-13-21(23)22-14-5-7-16-24(22)25/h1-17,27H;1-17H. The molecule has 0 aromatic heterocycles. The van der Waals surface area contributed by atoms with E-state index < -0.39 is 5.41 Å². The lowest BCUT2D eigenvalue weighted by molar-refractivity contribution is 0.453. The van der Waals surface area contributed by atoms with Crippen LogP contribution in [0.1, 0.15) is 44.5 Å². The highest BCUT2D eigenvalue weighted by Gasteiger charge is 2.47. The van der Waals surface area contributed by atoms with Gasteiger partial charge in [-0.15, -0.1) is 0 Å². The van der Waals surface area contributed by atoms with Crippen LogP contribution in [0.4, 0.5) is 0 Å². The first kappa shape index (κ1) is 33.9.